The number of rotatable bonds is 0. The van der Waals surface area contributed by atoms with Gasteiger partial charge < -0.3 is 5.32 Å². The maximum Gasteiger partial charge on any atom is 0.0462 e. The number of piperidine rings is 1. The summed E-state index contributed by atoms with van der Waals surface area (Å²) in [6, 6.07) is -2.07. The minimum Gasteiger partial charge on any atom is -0.314 e. The zero-order valence-electron chi connectivity index (χ0n) is 13.0. The van der Waals surface area contributed by atoms with Gasteiger partial charge in [0.2, 0.25) is 0 Å². The van der Waals surface area contributed by atoms with Gasteiger partial charge in [-0.15, -0.1) is 0 Å². The Kier molecular flexibility index (Phi) is 0.472. The lowest BCUT2D eigenvalue weighted by molar-refractivity contribution is 0.336. The molecule has 48 valence electrons. The Hall–Kier alpha value is -0.0400. The molecule has 0 bridgehead atoms. The number of nitrogens with one attached hydrogen (secondary N) is 1. The summed E-state index contributed by atoms with van der Waals surface area (Å²) in [4.78, 5) is 0. The highest BCUT2D eigenvalue weighted by atomic mass is 14.9. The zero-order chi connectivity index (χ0) is 13.2. The lowest BCUT2D eigenvalue weighted by Crippen LogP contribution is -2.34. The van der Waals surface area contributed by atoms with Crippen LogP contribution < -0.4 is 5.32 Å². The molecule has 0 saturated carbocycles. The lowest BCUT2D eigenvalue weighted by atomic mass is 9.96. The Balaban J connectivity index is 3.43. The van der Waals surface area contributed by atoms with E-state index in [1.807, 2.05) is 5.32 Å². The Morgan fingerprint density at radius 3 is 3.25 bits per heavy atom. The maximum absolute atomic E-state index is 7.79. The van der Waals surface area contributed by atoms with Gasteiger partial charge in [0.25, 0.3) is 0 Å². The van der Waals surface area contributed by atoms with Crippen LogP contribution in [0, 0.1) is 5.89 Å². The summed E-state index contributed by atoms with van der Waals surface area (Å²) in [5.74, 6) is -2.37. The van der Waals surface area contributed by atoms with Gasteiger partial charge in [-0.25, -0.2) is 0 Å². The van der Waals surface area contributed by atoms with Crippen molar-refractivity contribution in [2.24, 2.45) is 5.89 Å². The third-order valence-corrected chi connectivity index (χ3v) is 0.875. The third kappa shape index (κ3) is 1.48. The highest BCUT2D eigenvalue weighted by molar-refractivity contribution is 4.71. The summed E-state index contributed by atoms with van der Waals surface area (Å²) in [5, 5.41) is 2.00. The third-order valence-electron chi connectivity index (χ3n) is 0.875. The Morgan fingerprint density at radius 2 is 2.50 bits per heavy atom. The van der Waals surface area contributed by atoms with Gasteiger partial charge in [-0.2, -0.15) is 0 Å². The summed E-state index contributed by atoms with van der Waals surface area (Å²) in [6.07, 6.45) is -5.28. The molecule has 1 rings (SSSR count). The molecule has 1 heteroatoms. The van der Waals surface area contributed by atoms with Crippen molar-refractivity contribution in [1.29, 1.82) is 0 Å². The first kappa shape index (κ1) is 1.51. The van der Waals surface area contributed by atoms with E-state index in [4.69, 9.17) is 11.0 Å². The molecule has 0 aromatic rings. The molecule has 2 atom stereocenters. The van der Waals surface area contributed by atoms with Gasteiger partial charge in [0, 0.05) is 17.0 Å². The van der Waals surface area contributed by atoms with Crippen molar-refractivity contribution in [2.75, 3.05) is 6.50 Å². The van der Waals surface area contributed by atoms with Crippen LogP contribution in [0.1, 0.15) is 37.6 Å². The van der Waals surface area contributed by atoms with E-state index in [9.17, 15) is 0 Å². The minimum atomic E-state index is -2.75. The van der Waals surface area contributed by atoms with Crippen molar-refractivity contribution in [1.82, 2.24) is 5.32 Å². The quantitative estimate of drug-likeness (QED) is 0.511. The highest BCUT2D eigenvalue weighted by Gasteiger charge is 2.12. The number of hydrogen-bond acceptors (Lipinski definition) is 1. The zero-order valence-corrected chi connectivity index (χ0v) is 5.00. The second-order valence-electron chi connectivity index (χ2n) is 1.75. The van der Waals surface area contributed by atoms with E-state index in [1.54, 1.807) is 0 Å². The minimum absolute atomic E-state index is 0.985. The highest BCUT2D eigenvalue weighted by Crippen LogP contribution is 2.13. The molecule has 0 spiro atoms. The summed E-state index contributed by atoms with van der Waals surface area (Å²) in [6.45, 7) is -0.545. The van der Waals surface area contributed by atoms with Crippen LogP contribution in [0.2, 0.25) is 0 Å². The van der Waals surface area contributed by atoms with Crippen LogP contribution >= 0.6 is 0 Å². The molecule has 2 unspecified atom stereocenters. The van der Waals surface area contributed by atoms with Gasteiger partial charge in [-0.05, 0) is 32.1 Å². The van der Waals surface area contributed by atoms with Crippen LogP contribution in [-0.2, 0) is 0 Å². The molecule has 1 fully saturated rings. The van der Waals surface area contributed by atoms with Gasteiger partial charge in [0.15, 0.2) is 0 Å². The Morgan fingerprint density at radius 1 is 1.75 bits per heavy atom. The van der Waals surface area contributed by atoms with Crippen molar-refractivity contribution in [3.8, 4) is 0 Å². The molecule has 0 aromatic heterocycles. The van der Waals surface area contributed by atoms with Gasteiger partial charge >= 0.3 is 0 Å². The molecule has 1 aliphatic heterocycles. The molecule has 1 N–H and O–H groups in total. The van der Waals surface area contributed by atoms with Crippen molar-refractivity contribution in [3.05, 3.63) is 0 Å². The summed E-state index contributed by atoms with van der Waals surface area (Å²) in [7, 11) is 0. The van der Waals surface area contributed by atoms with Gasteiger partial charge in [0.1, 0.15) is 0 Å². The van der Waals surface area contributed by atoms with E-state index in [0.717, 1.165) is 13.8 Å². The van der Waals surface area contributed by atoms with Crippen LogP contribution in [0.4, 0.5) is 0 Å². The van der Waals surface area contributed by atoms with Crippen LogP contribution in [0.5, 0.6) is 0 Å². The molecule has 1 nitrogen and oxygen atoms in total. The molecular formula is C7H15N. The Bertz CT molecular complexity index is 280. The van der Waals surface area contributed by atoms with Crippen molar-refractivity contribution in [3.63, 3.8) is 0 Å². The Labute approximate surface area is 62.7 Å². The second-order valence-corrected chi connectivity index (χ2v) is 1.75. The molecule has 0 amide bonds. The first-order valence-electron chi connectivity index (χ1n) is 6.50. The fraction of sp³-hybridized carbons (Fsp3) is 1.00. The smallest absolute Gasteiger partial charge is 0.0462 e. The first-order chi connectivity index (χ1) is 6.71. The van der Waals surface area contributed by atoms with Gasteiger partial charge in [-0.3, -0.25) is 0 Å². The van der Waals surface area contributed by atoms with Gasteiger partial charge in [0.05, 0.1) is 0 Å². The average molecular weight is 121 g/mol. The molecule has 0 aliphatic carbocycles. The summed E-state index contributed by atoms with van der Waals surface area (Å²) < 4.78 is 61.0. The first-order valence-corrected chi connectivity index (χ1v) is 2.50. The van der Waals surface area contributed by atoms with E-state index in [-0.39, 0.29) is 0 Å². The normalized spacial score (nSPS) is 91.8. The van der Waals surface area contributed by atoms with E-state index < -0.39 is 31.2 Å². The SMILES string of the molecule is [2H]C1([2H])NC([2H])(C)C([2H])([2H])C([2H])(C)C1([2H])[2H]. The van der Waals surface area contributed by atoms with Crippen LogP contribution in [0.25, 0.3) is 0 Å². The van der Waals surface area contributed by atoms with E-state index in [0.29, 0.717) is 0 Å². The van der Waals surface area contributed by atoms with Crippen molar-refractivity contribution in [2.45, 2.75) is 32.6 Å². The topological polar surface area (TPSA) is 12.0 Å². The molecule has 0 radical (unpaired) electrons. The maximum atomic E-state index is 7.79. The van der Waals surface area contributed by atoms with Crippen molar-refractivity contribution >= 4 is 0 Å². The van der Waals surface area contributed by atoms with E-state index >= 15 is 0 Å². The molecule has 0 aromatic carbocycles. The monoisotopic (exact) mass is 121 g/mol. The molecule has 1 aliphatic rings. The lowest BCUT2D eigenvalue weighted by Gasteiger charge is -2.24. The summed E-state index contributed by atoms with van der Waals surface area (Å²) in [5.41, 5.74) is 0. The van der Waals surface area contributed by atoms with Crippen LogP contribution in [-0.4, -0.2) is 12.5 Å². The van der Waals surface area contributed by atoms with Crippen LogP contribution in [0.15, 0.2) is 0 Å². The predicted molar refractivity (Wildman–Crippen MR) is 35.9 cm³/mol. The van der Waals surface area contributed by atoms with Crippen LogP contribution in [0.3, 0.4) is 0 Å². The fourth-order valence-electron chi connectivity index (χ4n) is 0.562. The van der Waals surface area contributed by atoms with Gasteiger partial charge in [-0.1, -0.05) is 6.92 Å². The molecular weight excluding hydrogens is 98.1 g/mol. The number of hydrogen-bond donors (Lipinski definition) is 1. The van der Waals surface area contributed by atoms with E-state index in [2.05, 4.69) is 0 Å². The second kappa shape index (κ2) is 2.49. The van der Waals surface area contributed by atoms with Crippen molar-refractivity contribution < 1.29 is 11.0 Å². The predicted octanol–water partition coefficient (Wildman–Crippen LogP) is 1.39. The van der Waals surface area contributed by atoms with E-state index in [1.165, 1.54) is 0 Å². The standard InChI is InChI=1S/C7H15N/c1-6-3-4-8-7(2)5-6/h6-8H,3-5H2,1-2H3/i3D2,4D2,5D2,6D,7D. The average Bonchev–Trinajstić information content (AvgIpc) is 1.98. The molecule has 8 heavy (non-hydrogen) atoms. The molecule has 1 saturated heterocycles. The molecule has 1 heterocycles. The largest absolute Gasteiger partial charge is 0.314 e. The fourth-order valence-corrected chi connectivity index (χ4v) is 0.562. The summed E-state index contributed by atoms with van der Waals surface area (Å²) >= 11 is 0.